The first-order chi connectivity index (χ1) is 42.6. The molecule has 3 N–H and O–H groups in total. The second-order valence-corrected chi connectivity index (χ2v) is 29.8. The normalized spacial score (nSPS) is 14.6. The van der Waals surface area contributed by atoms with E-state index in [1.54, 1.807) is 0 Å². The van der Waals surface area contributed by atoms with Crippen LogP contribution < -0.4 is 0 Å². The van der Waals surface area contributed by atoms with Crippen molar-refractivity contribution in [2.75, 3.05) is 39.6 Å². The molecule has 19 heteroatoms. The fraction of sp³-hybridized carbons (Fsp3) is 0.943. The minimum absolute atomic E-state index is 0.104. The maximum Gasteiger partial charge on any atom is 0.472 e. The lowest BCUT2D eigenvalue weighted by Gasteiger charge is -2.21. The van der Waals surface area contributed by atoms with Gasteiger partial charge in [0.15, 0.2) is 12.2 Å². The van der Waals surface area contributed by atoms with Gasteiger partial charge in [-0.05, 0) is 49.4 Å². The summed E-state index contributed by atoms with van der Waals surface area (Å²) in [6.07, 6.45) is 41.7. The molecule has 0 aliphatic carbocycles. The molecule has 0 saturated heterocycles. The highest BCUT2D eigenvalue weighted by atomic mass is 31.2. The number of rotatable bonds is 67. The number of aliphatic hydroxyl groups excluding tert-OH is 1. The van der Waals surface area contributed by atoms with E-state index in [1.165, 1.54) is 141 Å². The van der Waals surface area contributed by atoms with Crippen molar-refractivity contribution in [2.45, 2.75) is 363 Å². The first kappa shape index (κ1) is 87.1. The van der Waals surface area contributed by atoms with Crippen LogP contribution >= 0.6 is 15.6 Å². The third-order valence-corrected chi connectivity index (χ3v) is 18.3. The number of hydrogen-bond acceptors (Lipinski definition) is 15. The quantitative estimate of drug-likeness (QED) is 0.0222. The fourth-order valence-corrected chi connectivity index (χ4v) is 12.0. The molecule has 0 aromatic rings. The first-order valence-corrected chi connectivity index (χ1v) is 39.2. The summed E-state index contributed by atoms with van der Waals surface area (Å²) in [6.45, 7) is 14.1. The van der Waals surface area contributed by atoms with Crippen molar-refractivity contribution in [1.82, 2.24) is 0 Å². The molecule has 89 heavy (non-hydrogen) atoms. The largest absolute Gasteiger partial charge is 0.472 e. The third kappa shape index (κ3) is 63.2. The van der Waals surface area contributed by atoms with Gasteiger partial charge in [0.2, 0.25) is 0 Å². The van der Waals surface area contributed by atoms with E-state index in [0.29, 0.717) is 31.6 Å². The van der Waals surface area contributed by atoms with Crippen LogP contribution in [0.15, 0.2) is 0 Å². The minimum Gasteiger partial charge on any atom is -0.462 e. The summed E-state index contributed by atoms with van der Waals surface area (Å²) in [4.78, 5) is 72.5. The Hall–Kier alpha value is -1.94. The molecule has 6 atom stereocenters. The third-order valence-electron chi connectivity index (χ3n) is 16.4. The van der Waals surface area contributed by atoms with E-state index >= 15 is 0 Å². The van der Waals surface area contributed by atoms with Gasteiger partial charge in [0, 0.05) is 25.7 Å². The van der Waals surface area contributed by atoms with E-state index in [2.05, 4.69) is 55.4 Å². The van der Waals surface area contributed by atoms with Crippen LogP contribution in [0.4, 0.5) is 0 Å². The molecule has 0 saturated carbocycles. The van der Waals surface area contributed by atoms with E-state index < -0.39 is 97.5 Å². The highest BCUT2D eigenvalue weighted by Crippen LogP contribution is 2.45. The number of carbonyl (C=O) groups is 4. The summed E-state index contributed by atoms with van der Waals surface area (Å²) in [5.74, 6) is 0.856. The lowest BCUT2D eigenvalue weighted by molar-refractivity contribution is -0.161. The van der Waals surface area contributed by atoms with Crippen molar-refractivity contribution in [3.8, 4) is 0 Å². The molecule has 0 fully saturated rings. The molecule has 528 valence electrons. The van der Waals surface area contributed by atoms with Crippen molar-refractivity contribution in [2.24, 2.45) is 23.7 Å². The van der Waals surface area contributed by atoms with Crippen LogP contribution in [-0.2, 0) is 65.4 Å². The molecule has 0 aliphatic rings. The Bertz CT molecular complexity index is 1770. The predicted octanol–water partition coefficient (Wildman–Crippen LogP) is 19.7. The zero-order valence-corrected chi connectivity index (χ0v) is 59.8. The number of carbonyl (C=O) groups excluding carboxylic acids is 4. The molecule has 0 heterocycles. The Morgan fingerprint density at radius 3 is 0.798 bits per heavy atom. The van der Waals surface area contributed by atoms with Crippen molar-refractivity contribution >= 4 is 39.5 Å². The Kier molecular flexibility index (Phi) is 58.5. The van der Waals surface area contributed by atoms with E-state index in [1.807, 2.05) is 0 Å². The molecule has 4 unspecified atom stereocenters. The molecule has 0 amide bonds. The zero-order valence-electron chi connectivity index (χ0n) is 58.1. The number of ether oxygens (including phenoxy) is 4. The van der Waals surface area contributed by atoms with Gasteiger partial charge in [0.05, 0.1) is 26.4 Å². The number of hydrogen-bond donors (Lipinski definition) is 3. The monoisotopic (exact) mass is 1310 g/mol. The number of esters is 4. The van der Waals surface area contributed by atoms with Crippen LogP contribution in [-0.4, -0.2) is 96.7 Å². The molecule has 0 rings (SSSR count). The van der Waals surface area contributed by atoms with Crippen molar-refractivity contribution in [3.63, 3.8) is 0 Å². The lowest BCUT2D eigenvalue weighted by Crippen LogP contribution is -2.30. The van der Waals surface area contributed by atoms with Crippen LogP contribution in [0.5, 0.6) is 0 Å². The first-order valence-electron chi connectivity index (χ1n) is 36.2. The van der Waals surface area contributed by atoms with Crippen LogP contribution in [0.25, 0.3) is 0 Å². The van der Waals surface area contributed by atoms with Gasteiger partial charge >= 0.3 is 39.5 Å². The summed E-state index contributed by atoms with van der Waals surface area (Å²) >= 11 is 0. The Morgan fingerprint density at radius 1 is 0.315 bits per heavy atom. The average molecular weight is 1310 g/mol. The van der Waals surface area contributed by atoms with E-state index in [9.17, 15) is 43.2 Å². The Labute approximate surface area is 543 Å². The summed E-state index contributed by atoms with van der Waals surface area (Å²) < 4.78 is 68.3. The van der Waals surface area contributed by atoms with Gasteiger partial charge in [-0.3, -0.25) is 37.3 Å². The molecular formula is C70H136O17P2. The number of phosphoric acid groups is 2. The van der Waals surface area contributed by atoms with Crippen molar-refractivity contribution in [1.29, 1.82) is 0 Å². The Balaban J connectivity index is 5.25. The SMILES string of the molecule is CCC(C)CCCCCCCCCCC(=O)O[C@H](COC(=O)CCCCCCCCCCC(C)C)COP(=O)(O)OCC(O)COP(=O)(O)OC[C@@H](COC(=O)CCCCCCCCCC(C)C)OC(=O)CCCCCCCCCCCCCCCC(C)C. The molecule has 0 radical (unpaired) electrons. The van der Waals surface area contributed by atoms with Crippen LogP contribution in [0.3, 0.4) is 0 Å². The Morgan fingerprint density at radius 2 is 0.539 bits per heavy atom. The van der Waals surface area contributed by atoms with Gasteiger partial charge in [0.25, 0.3) is 0 Å². The molecule has 0 bridgehead atoms. The van der Waals surface area contributed by atoms with Crippen LogP contribution in [0.1, 0.15) is 344 Å². The minimum atomic E-state index is -4.95. The number of unbranched alkanes of at least 4 members (excludes halogenated alkanes) is 32. The van der Waals surface area contributed by atoms with E-state index in [-0.39, 0.29) is 25.7 Å². The number of phosphoric ester groups is 2. The van der Waals surface area contributed by atoms with E-state index in [0.717, 1.165) is 114 Å². The van der Waals surface area contributed by atoms with Gasteiger partial charge in [-0.25, -0.2) is 9.13 Å². The van der Waals surface area contributed by atoms with E-state index in [4.69, 9.17) is 37.0 Å². The summed E-state index contributed by atoms with van der Waals surface area (Å²) in [5, 5.41) is 10.6. The second kappa shape index (κ2) is 59.8. The zero-order chi connectivity index (χ0) is 66.1. The maximum absolute atomic E-state index is 13.0. The molecular weight excluding hydrogens is 1170 g/mol. The average Bonchev–Trinajstić information content (AvgIpc) is 3.57. The predicted molar refractivity (Wildman–Crippen MR) is 358 cm³/mol. The highest BCUT2D eigenvalue weighted by Gasteiger charge is 2.30. The summed E-state index contributed by atoms with van der Waals surface area (Å²) in [5.41, 5.74) is 0. The molecule has 0 aliphatic heterocycles. The molecule has 0 spiro atoms. The van der Waals surface area contributed by atoms with Gasteiger partial charge in [-0.1, -0.05) is 293 Å². The van der Waals surface area contributed by atoms with Crippen LogP contribution in [0, 0.1) is 23.7 Å². The van der Waals surface area contributed by atoms with Crippen molar-refractivity contribution in [3.05, 3.63) is 0 Å². The maximum atomic E-state index is 13.0. The summed E-state index contributed by atoms with van der Waals surface area (Å²) in [7, 11) is -9.90. The fourth-order valence-electron chi connectivity index (χ4n) is 10.5. The molecule has 0 aromatic carbocycles. The van der Waals surface area contributed by atoms with Gasteiger partial charge < -0.3 is 33.8 Å². The smallest absolute Gasteiger partial charge is 0.462 e. The van der Waals surface area contributed by atoms with Gasteiger partial charge in [-0.2, -0.15) is 0 Å². The lowest BCUT2D eigenvalue weighted by atomic mass is 9.99. The standard InChI is InChI=1S/C70H136O17P2/c1-9-63(8)49-41-33-25-18-20-28-37-45-53-70(75)87-65(56-80-67(72)50-42-34-26-19-17-23-31-39-47-61(4)5)58-84-88(76,77)82-54-64(71)55-83-89(78,79)85-59-66(57-81-68(73)51-43-35-29-21-24-32-40-48-62(6)7)86-69(74)52-44-36-27-16-14-12-10-11-13-15-22-30-38-46-60(2)3/h60-66,71H,9-59H2,1-8H3,(H,76,77)(H,78,79)/t63?,64?,65-,66-/m1/s1. The van der Waals surface area contributed by atoms with Crippen LogP contribution in [0.2, 0.25) is 0 Å². The highest BCUT2D eigenvalue weighted by molar-refractivity contribution is 7.47. The topological polar surface area (TPSA) is 237 Å². The summed E-state index contributed by atoms with van der Waals surface area (Å²) in [6, 6.07) is 0. The molecule has 17 nitrogen and oxygen atoms in total. The van der Waals surface area contributed by atoms with Gasteiger partial charge in [0.1, 0.15) is 19.3 Å². The molecule has 0 aromatic heterocycles. The van der Waals surface area contributed by atoms with Gasteiger partial charge in [-0.15, -0.1) is 0 Å². The second-order valence-electron chi connectivity index (χ2n) is 26.9. The van der Waals surface area contributed by atoms with Crippen molar-refractivity contribution < 1.29 is 80.2 Å². The number of aliphatic hydroxyl groups is 1.